The van der Waals surface area contributed by atoms with Gasteiger partial charge in [0.1, 0.15) is 6.61 Å². The number of hydrogen-bond acceptors (Lipinski definition) is 10. The van der Waals surface area contributed by atoms with Crippen molar-refractivity contribution in [2.75, 3.05) is 6.61 Å². The minimum atomic E-state index is -1.47. The second-order valence-electron chi connectivity index (χ2n) is 24.4. The van der Waals surface area contributed by atoms with Crippen molar-refractivity contribution in [3.63, 3.8) is 0 Å². The number of esters is 5. The normalized spacial score (nSPS) is 15.3. The molecule has 80 heavy (non-hydrogen) atoms. The molecule has 4 unspecified atom stereocenters. The fraction of sp³-hybridized carbons (Fsp3) is 0.900. The van der Waals surface area contributed by atoms with Crippen molar-refractivity contribution in [3.05, 3.63) is 11.5 Å². The Morgan fingerprint density at radius 1 is 0.338 bits per heavy atom. The van der Waals surface area contributed by atoms with Gasteiger partial charge in [-0.15, -0.1) is 0 Å². The van der Waals surface area contributed by atoms with Gasteiger partial charge in [-0.05, 0) is 51.4 Å². The van der Waals surface area contributed by atoms with Crippen LogP contribution in [-0.4, -0.2) is 48.7 Å². The van der Waals surface area contributed by atoms with Gasteiger partial charge in [-0.2, -0.15) is 0 Å². The minimum Gasteiger partial charge on any atom is -0.461 e. The van der Waals surface area contributed by atoms with Crippen LogP contribution in [0.15, 0.2) is 11.5 Å². The maximum Gasteiger partial charge on any atom is 0.379 e. The van der Waals surface area contributed by atoms with Gasteiger partial charge in [0.2, 0.25) is 11.9 Å². The van der Waals surface area contributed by atoms with Gasteiger partial charge in [0.25, 0.3) is 5.76 Å². The monoisotopic (exact) mass is 1130 g/mol. The Hall–Kier alpha value is -2.91. The Morgan fingerprint density at radius 2 is 0.588 bits per heavy atom. The number of carbonyl (C=O) groups excluding carboxylic acids is 5. The molecular weight excluding hydrogens is 1000 g/mol. The molecule has 0 aromatic heterocycles. The first kappa shape index (κ1) is 75.1. The first-order chi connectivity index (χ1) is 39.1. The Labute approximate surface area is 493 Å². The summed E-state index contributed by atoms with van der Waals surface area (Å²) in [7, 11) is 0. The second-order valence-corrected chi connectivity index (χ2v) is 24.4. The Morgan fingerprint density at radius 3 is 0.900 bits per heavy atom. The van der Waals surface area contributed by atoms with E-state index in [1.54, 1.807) is 0 Å². The first-order valence-corrected chi connectivity index (χ1v) is 34.8. The van der Waals surface area contributed by atoms with Gasteiger partial charge in [0, 0.05) is 0 Å². The lowest BCUT2D eigenvalue weighted by Crippen LogP contribution is -2.41. The van der Waals surface area contributed by atoms with Crippen molar-refractivity contribution >= 4 is 29.8 Å². The number of carbonyl (C=O) groups is 5. The van der Waals surface area contributed by atoms with Gasteiger partial charge in [0.05, 0.1) is 23.7 Å². The average Bonchev–Trinajstić information content (AvgIpc) is 3.75. The van der Waals surface area contributed by atoms with E-state index in [2.05, 4.69) is 55.4 Å². The molecule has 1 heterocycles. The van der Waals surface area contributed by atoms with E-state index in [9.17, 15) is 24.0 Å². The third-order valence-electron chi connectivity index (χ3n) is 16.9. The summed E-state index contributed by atoms with van der Waals surface area (Å²) in [6.45, 7) is 17.1. The highest BCUT2D eigenvalue weighted by Crippen LogP contribution is 2.35. The van der Waals surface area contributed by atoms with E-state index in [0.29, 0.717) is 51.4 Å². The number of hydrogen-bond donors (Lipinski definition) is 0. The summed E-state index contributed by atoms with van der Waals surface area (Å²) in [5, 5.41) is 0. The van der Waals surface area contributed by atoms with Crippen LogP contribution in [-0.2, 0) is 47.7 Å². The smallest absolute Gasteiger partial charge is 0.379 e. The highest BCUT2D eigenvalue weighted by Gasteiger charge is 2.48. The molecule has 1 rings (SSSR count). The summed E-state index contributed by atoms with van der Waals surface area (Å²) < 4.78 is 31.8. The van der Waals surface area contributed by atoms with Crippen LogP contribution in [0.2, 0.25) is 0 Å². The van der Waals surface area contributed by atoms with Crippen molar-refractivity contribution in [3.8, 4) is 0 Å². The van der Waals surface area contributed by atoms with Crippen LogP contribution >= 0.6 is 0 Å². The van der Waals surface area contributed by atoms with Gasteiger partial charge in [-0.3, -0.25) is 19.2 Å². The number of unbranched alkanes of at least 4 members (excludes halogenated alkanes) is 32. The molecule has 0 saturated carbocycles. The summed E-state index contributed by atoms with van der Waals surface area (Å²) in [5.41, 5.74) is 0. The fourth-order valence-electron chi connectivity index (χ4n) is 11.5. The molecule has 0 aliphatic carbocycles. The fourth-order valence-corrected chi connectivity index (χ4v) is 11.5. The Bertz CT molecular complexity index is 1560. The maximum atomic E-state index is 14.9. The number of rotatable bonds is 58. The number of cyclic esters (lactones) is 1. The van der Waals surface area contributed by atoms with Crippen molar-refractivity contribution in [1.29, 1.82) is 0 Å². The summed E-state index contributed by atoms with van der Waals surface area (Å²) >= 11 is 0. The highest BCUT2D eigenvalue weighted by molar-refractivity contribution is 5.93. The third kappa shape index (κ3) is 36.6. The zero-order chi connectivity index (χ0) is 58.7. The van der Waals surface area contributed by atoms with Crippen molar-refractivity contribution in [1.82, 2.24) is 0 Å². The maximum absolute atomic E-state index is 14.9. The van der Waals surface area contributed by atoms with Crippen LogP contribution in [0.5, 0.6) is 0 Å². The molecule has 0 radical (unpaired) electrons. The molecular formula is C70H128O10. The zero-order valence-corrected chi connectivity index (χ0v) is 53.7. The molecule has 0 saturated heterocycles. The van der Waals surface area contributed by atoms with Crippen LogP contribution in [0.4, 0.5) is 0 Å². The second kappa shape index (κ2) is 52.9. The molecule has 468 valence electrons. The zero-order valence-electron chi connectivity index (χ0n) is 53.7. The molecule has 0 N–H and O–H groups in total. The minimum absolute atomic E-state index is 0.244. The average molecular weight is 1130 g/mol. The summed E-state index contributed by atoms with van der Waals surface area (Å²) in [4.78, 5) is 73.2. The molecule has 1 aliphatic heterocycles. The molecule has 10 heteroatoms. The SMILES string of the molecule is CCCCCCCCC(CCCCCC)C(=O)OC[C@H](OC(=O)C(CCCCCC)CCCCCCCC)[C@H]1OC(=O)C(OC(=O)C(CCCCCC)CCCCCCCC)=C1OC(=O)C(CCCCCC)CCCCCCCC. The predicted molar refractivity (Wildman–Crippen MR) is 331 cm³/mol. The van der Waals surface area contributed by atoms with E-state index in [-0.39, 0.29) is 17.6 Å². The van der Waals surface area contributed by atoms with Gasteiger partial charge >= 0.3 is 29.8 Å². The quantitative estimate of drug-likeness (QED) is 0.0329. The van der Waals surface area contributed by atoms with Crippen LogP contribution in [0, 0.1) is 23.7 Å². The van der Waals surface area contributed by atoms with Gasteiger partial charge in [-0.25, -0.2) is 4.79 Å². The highest BCUT2D eigenvalue weighted by atomic mass is 16.7. The molecule has 0 bridgehead atoms. The standard InChI is InChI=1S/C70H128O10/c1-9-17-25-33-37-45-50-58(49-41-29-21-13-5)66(71)76-57-62(77-67(72)59(51-42-30-22-14-6)54-46-38-34-26-18-10-2)63-64(79-68(73)60(52-43-31-23-15-7)55-47-39-35-27-19-11-3)65(70(75)78-63)80-69(74)61(53-44-32-24-16-8)56-48-40-36-28-20-12-4/h58-63H,9-57H2,1-8H3/t58?,59?,60?,61?,62-,63+/m0/s1. The van der Waals surface area contributed by atoms with Crippen molar-refractivity contribution in [2.45, 2.75) is 376 Å². The molecule has 0 aromatic carbocycles. The van der Waals surface area contributed by atoms with Gasteiger partial charge in [-0.1, -0.05) is 312 Å². The molecule has 0 fully saturated rings. The number of ether oxygens (including phenoxy) is 5. The molecule has 0 amide bonds. The molecule has 6 atom stereocenters. The lowest BCUT2D eigenvalue weighted by Gasteiger charge is -2.27. The largest absolute Gasteiger partial charge is 0.461 e. The van der Waals surface area contributed by atoms with E-state index < -0.39 is 66.2 Å². The van der Waals surface area contributed by atoms with Crippen LogP contribution < -0.4 is 0 Å². The Balaban J connectivity index is 4.00. The summed E-state index contributed by atoms with van der Waals surface area (Å²) in [5.74, 6) is -5.15. The van der Waals surface area contributed by atoms with E-state index in [0.717, 1.165) is 212 Å². The van der Waals surface area contributed by atoms with Crippen LogP contribution in [0.3, 0.4) is 0 Å². The van der Waals surface area contributed by atoms with E-state index in [1.807, 2.05) is 0 Å². The molecule has 10 nitrogen and oxygen atoms in total. The van der Waals surface area contributed by atoms with Crippen LogP contribution in [0.1, 0.15) is 364 Å². The predicted octanol–water partition coefficient (Wildman–Crippen LogP) is 21.0. The van der Waals surface area contributed by atoms with E-state index in [4.69, 9.17) is 23.7 Å². The Kier molecular flexibility index (Phi) is 49.6. The van der Waals surface area contributed by atoms with Crippen molar-refractivity contribution < 1.29 is 47.7 Å². The lowest BCUT2D eigenvalue weighted by molar-refractivity contribution is -0.177. The van der Waals surface area contributed by atoms with Crippen LogP contribution in [0.25, 0.3) is 0 Å². The van der Waals surface area contributed by atoms with Gasteiger partial charge < -0.3 is 23.7 Å². The van der Waals surface area contributed by atoms with E-state index in [1.165, 1.54) is 44.9 Å². The third-order valence-corrected chi connectivity index (χ3v) is 16.9. The molecule has 0 spiro atoms. The first-order valence-electron chi connectivity index (χ1n) is 34.8. The van der Waals surface area contributed by atoms with Gasteiger partial charge in [0.15, 0.2) is 6.10 Å². The summed E-state index contributed by atoms with van der Waals surface area (Å²) in [6, 6.07) is 0. The molecule has 1 aliphatic rings. The molecule has 0 aromatic rings. The lowest BCUT2D eigenvalue weighted by atomic mass is 9.94. The van der Waals surface area contributed by atoms with Crippen molar-refractivity contribution in [2.24, 2.45) is 23.7 Å². The summed E-state index contributed by atoms with van der Waals surface area (Å²) in [6.07, 6.45) is 44.7. The topological polar surface area (TPSA) is 132 Å². The van der Waals surface area contributed by atoms with E-state index >= 15 is 0 Å².